The van der Waals surface area contributed by atoms with E-state index in [1.807, 2.05) is 20.8 Å². The highest BCUT2D eigenvalue weighted by Crippen LogP contribution is 2.19. The molecule has 22 heavy (non-hydrogen) atoms. The molecule has 2 amide bonds. The van der Waals surface area contributed by atoms with Crippen molar-refractivity contribution in [3.8, 4) is 0 Å². The van der Waals surface area contributed by atoms with Gasteiger partial charge in [-0.25, -0.2) is 4.79 Å². The maximum Gasteiger partial charge on any atom is 0.407 e. The molecule has 1 saturated carbocycles. The van der Waals surface area contributed by atoms with Crippen molar-refractivity contribution in [2.75, 3.05) is 6.54 Å². The van der Waals surface area contributed by atoms with Gasteiger partial charge in [0.05, 0.1) is 0 Å². The number of nitrogens with one attached hydrogen (secondary N) is 3. The van der Waals surface area contributed by atoms with E-state index < -0.39 is 5.60 Å². The van der Waals surface area contributed by atoms with E-state index in [-0.39, 0.29) is 24.1 Å². The number of hydrogen-bond acceptors (Lipinski definition) is 4. The quantitative estimate of drug-likeness (QED) is 0.738. The lowest BCUT2D eigenvalue weighted by atomic mass is 9.91. The lowest BCUT2D eigenvalue weighted by Gasteiger charge is -2.31. The van der Waals surface area contributed by atoms with E-state index in [0.717, 1.165) is 38.6 Å². The molecular weight excluding hydrogens is 282 g/mol. The summed E-state index contributed by atoms with van der Waals surface area (Å²) in [5.41, 5.74) is -0.461. The summed E-state index contributed by atoms with van der Waals surface area (Å²) in [5.74, 6) is 0.153. The van der Waals surface area contributed by atoms with Crippen LogP contribution in [-0.2, 0) is 9.53 Å². The molecule has 3 unspecified atom stereocenters. The van der Waals surface area contributed by atoms with E-state index in [9.17, 15) is 9.59 Å². The SMILES string of the molecule is CC(C)(C)OC(=O)NC1CCCC(NCC2CCC(=O)N2)C1. The molecule has 2 rings (SSSR count). The van der Waals surface area contributed by atoms with Gasteiger partial charge in [0.15, 0.2) is 0 Å². The molecule has 0 aromatic carbocycles. The fourth-order valence-electron chi connectivity index (χ4n) is 3.12. The zero-order chi connectivity index (χ0) is 16.2. The summed E-state index contributed by atoms with van der Waals surface area (Å²) in [6.07, 6.45) is 5.35. The summed E-state index contributed by atoms with van der Waals surface area (Å²) in [5, 5.41) is 9.47. The Bertz CT molecular complexity index is 406. The zero-order valence-corrected chi connectivity index (χ0v) is 13.9. The van der Waals surface area contributed by atoms with Crippen LogP contribution in [0.1, 0.15) is 59.3 Å². The van der Waals surface area contributed by atoms with E-state index in [1.165, 1.54) is 0 Å². The summed E-state index contributed by atoms with van der Waals surface area (Å²) in [4.78, 5) is 23.0. The van der Waals surface area contributed by atoms with Gasteiger partial charge < -0.3 is 20.7 Å². The predicted molar refractivity (Wildman–Crippen MR) is 84.6 cm³/mol. The minimum absolute atomic E-state index is 0.153. The average Bonchev–Trinajstić information content (AvgIpc) is 2.80. The molecule has 1 saturated heterocycles. The van der Waals surface area contributed by atoms with Gasteiger partial charge in [-0.15, -0.1) is 0 Å². The monoisotopic (exact) mass is 311 g/mol. The van der Waals surface area contributed by atoms with Gasteiger partial charge in [0, 0.05) is 31.1 Å². The van der Waals surface area contributed by atoms with Gasteiger partial charge in [-0.05, 0) is 52.9 Å². The second-order valence-electron chi connectivity index (χ2n) is 7.42. The highest BCUT2D eigenvalue weighted by molar-refractivity contribution is 5.78. The fourth-order valence-corrected chi connectivity index (χ4v) is 3.12. The van der Waals surface area contributed by atoms with Crippen molar-refractivity contribution < 1.29 is 14.3 Å². The molecule has 3 atom stereocenters. The largest absolute Gasteiger partial charge is 0.444 e. The Balaban J connectivity index is 1.70. The number of amides is 2. The Hall–Kier alpha value is -1.30. The van der Waals surface area contributed by atoms with Gasteiger partial charge in [0.2, 0.25) is 5.91 Å². The van der Waals surface area contributed by atoms with Crippen molar-refractivity contribution in [2.45, 2.75) is 83.0 Å². The van der Waals surface area contributed by atoms with Crippen molar-refractivity contribution in [1.82, 2.24) is 16.0 Å². The van der Waals surface area contributed by atoms with E-state index in [1.54, 1.807) is 0 Å². The summed E-state index contributed by atoms with van der Waals surface area (Å²) in [7, 11) is 0. The van der Waals surface area contributed by atoms with Gasteiger partial charge >= 0.3 is 6.09 Å². The van der Waals surface area contributed by atoms with Crippen LogP contribution in [0.2, 0.25) is 0 Å². The standard InChI is InChI=1S/C16H29N3O3/c1-16(2,3)22-15(21)19-12-6-4-5-11(9-12)17-10-13-7-8-14(20)18-13/h11-13,17H,4-10H2,1-3H3,(H,18,20)(H,19,21). The predicted octanol–water partition coefficient (Wildman–Crippen LogP) is 1.69. The third-order valence-corrected chi connectivity index (χ3v) is 4.13. The molecule has 0 aromatic heterocycles. The van der Waals surface area contributed by atoms with Crippen LogP contribution in [0.5, 0.6) is 0 Å². The summed E-state index contributed by atoms with van der Waals surface area (Å²) >= 11 is 0. The molecule has 2 fully saturated rings. The van der Waals surface area contributed by atoms with Crippen molar-refractivity contribution >= 4 is 12.0 Å². The number of carbonyl (C=O) groups excluding carboxylic acids is 2. The second-order valence-corrected chi connectivity index (χ2v) is 7.42. The first-order valence-electron chi connectivity index (χ1n) is 8.34. The summed E-state index contributed by atoms with van der Waals surface area (Å²) in [6, 6.07) is 0.817. The second kappa shape index (κ2) is 7.31. The minimum atomic E-state index is -0.461. The minimum Gasteiger partial charge on any atom is -0.444 e. The Morgan fingerprint density at radius 3 is 2.64 bits per heavy atom. The molecule has 0 bridgehead atoms. The molecule has 126 valence electrons. The van der Waals surface area contributed by atoms with Crippen LogP contribution < -0.4 is 16.0 Å². The van der Waals surface area contributed by atoms with Gasteiger partial charge in [-0.2, -0.15) is 0 Å². The fraction of sp³-hybridized carbons (Fsp3) is 0.875. The third-order valence-electron chi connectivity index (χ3n) is 4.13. The average molecular weight is 311 g/mol. The van der Waals surface area contributed by atoms with Crippen molar-refractivity contribution in [3.05, 3.63) is 0 Å². The number of hydrogen-bond donors (Lipinski definition) is 3. The maximum absolute atomic E-state index is 11.8. The Kier molecular flexibility index (Phi) is 5.67. The number of rotatable bonds is 4. The molecule has 1 aliphatic heterocycles. The summed E-state index contributed by atoms with van der Waals surface area (Å²) < 4.78 is 5.31. The van der Waals surface area contributed by atoms with Gasteiger partial charge in [0.1, 0.15) is 5.60 Å². The normalized spacial score (nSPS) is 29.0. The van der Waals surface area contributed by atoms with E-state index in [2.05, 4.69) is 16.0 Å². The summed E-state index contributed by atoms with van der Waals surface area (Å²) in [6.45, 7) is 6.42. The van der Waals surface area contributed by atoms with E-state index in [0.29, 0.717) is 12.5 Å². The Labute approximate surface area is 132 Å². The first kappa shape index (κ1) is 17.1. The molecule has 6 heteroatoms. The first-order valence-corrected chi connectivity index (χ1v) is 8.34. The topological polar surface area (TPSA) is 79.5 Å². The van der Waals surface area contributed by atoms with Crippen LogP contribution in [0.4, 0.5) is 4.79 Å². The lowest BCUT2D eigenvalue weighted by molar-refractivity contribution is -0.119. The number of alkyl carbamates (subject to hydrolysis) is 1. The number of ether oxygens (including phenoxy) is 1. The van der Waals surface area contributed by atoms with Crippen LogP contribution in [0.25, 0.3) is 0 Å². The van der Waals surface area contributed by atoms with Gasteiger partial charge in [-0.1, -0.05) is 0 Å². The van der Waals surface area contributed by atoms with Crippen molar-refractivity contribution in [3.63, 3.8) is 0 Å². The molecule has 0 aromatic rings. The lowest BCUT2D eigenvalue weighted by Crippen LogP contribution is -2.47. The molecule has 1 aliphatic carbocycles. The smallest absolute Gasteiger partial charge is 0.407 e. The third kappa shape index (κ3) is 5.83. The van der Waals surface area contributed by atoms with Gasteiger partial charge in [0.25, 0.3) is 0 Å². The zero-order valence-electron chi connectivity index (χ0n) is 13.9. The molecule has 2 aliphatic rings. The highest BCUT2D eigenvalue weighted by atomic mass is 16.6. The van der Waals surface area contributed by atoms with Crippen molar-refractivity contribution in [2.24, 2.45) is 0 Å². The van der Waals surface area contributed by atoms with E-state index >= 15 is 0 Å². The molecule has 0 spiro atoms. The van der Waals surface area contributed by atoms with Crippen LogP contribution in [0.3, 0.4) is 0 Å². The number of carbonyl (C=O) groups is 2. The van der Waals surface area contributed by atoms with Crippen molar-refractivity contribution in [1.29, 1.82) is 0 Å². The molecular formula is C16H29N3O3. The van der Waals surface area contributed by atoms with E-state index in [4.69, 9.17) is 4.74 Å². The first-order chi connectivity index (χ1) is 10.3. The Morgan fingerprint density at radius 1 is 1.27 bits per heavy atom. The van der Waals surface area contributed by atoms with Gasteiger partial charge in [-0.3, -0.25) is 4.79 Å². The molecule has 1 heterocycles. The van der Waals surface area contributed by atoms with Crippen LogP contribution in [0, 0.1) is 0 Å². The van der Waals surface area contributed by atoms with Crippen LogP contribution in [0.15, 0.2) is 0 Å². The van der Waals surface area contributed by atoms with Crippen LogP contribution in [-0.4, -0.2) is 42.3 Å². The Morgan fingerprint density at radius 2 is 2.00 bits per heavy atom. The molecule has 3 N–H and O–H groups in total. The maximum atomic E-state index is 11.8. The van der Waals surface area contributed by atoms with Crippen LogP contribution >= 0.6 is 0 Å². The molecule has 0 radical (unpaired) electrons. The highest BCUT2D eigenvalue weighted by Gasteiger charge is 2.27. The molecule has 6 nitrogen and oxygen atoms in total.